The van der Waals surface area contributed by atoms with Gasteiger partial charge in [-0.3, -0.25) is 4.79 Å². The van der Waals surface area contributed by atoms with Crippen molar-refractivity contribution in [3.05, 3.63) is 77.2 Å². The van der Waals surface area contributed by atoms with E-state index in [1.54, 1.807) is 11.3 Å². The van der Waals surface area contributed by atoms with E-state index in [0.29, 0.717) is 5.56 Å². The molecule has 3 heterocycles. The minimum Gasteiger partial charge on any atom is -0.369 e. The van der Waals surface area contributed by atoms with Crippen LogP contribution in [0.4, 0.5) is 11.4 Å². The molecule has 0 atom stereocenters. The van der Waals surface area contributed by atoms with E-state index in [0.717, 1.165) is 58.9 Å². The van der Waals surface area contributed by atoms with Gasteiger partial charge < -0.3 is 15.1 Å². The van der Waals surface area contributed by atoms with Crippen molar-refractivity contribution in [2.45, 2.75) is 6.92 Å². The number of hydrogen-bond acceptors (Lipinski definition) is 5. The van der Waals surface area contributed by atoms with E-state index in [1.165, 1.54) is 5.69 Å². The first kappa shape index (κ1) is 20.7. The first-order valence-corrected chi connectivity index (χ1v) is 11.7. The van der Waals surface area contributed by atoms with Crippen molar-refractivity contribution < 1.29 is 4.79 Å². The maximum atomic E-state index is 13.3. The second-order valence-electron chi connectivity index (χ2n) is 8.34. The Hall–Kier alpha value is -3.22. The van der Waals surface area contributed by atoms with Crippen LogP contribution in [-0.2, 0) is 0 Å². The first-order valence-electron chi connectivity index (χ1n) is 10.9. The number of pyridine rings is 1. The summed E-state index contributed by atoms with van der Waals surface area (Å²) in [4.78, 5) is 23.9. The highest BCUT2D eigenvalue weighted by molar-refractivity contribution is 7.13. The molecular weight excluding hydrogens is 416 g/mol. The number of piperazine rings is 1. The third-order valence-electron chi connectivity index (χ3n) is 5.98. The number of hydrogen-bond donors (Lipinski definition) is 1. The molecule has 1 saturated heterocycles. The second-order valence-corrected chi connectivity index (χ2v) is 9.29. The van der Waals surface area contributed by atoms with E-state index in [2.05, 4.69) is 34.3 Å². The lowest BCUT2D eigenvalue weighted by molar-refractivity contribution is 0.102. The summed E-state index contributed by atoms with van der Waals surface area (Å²) in [6.45, 7) is 6.22. The van der Waals surface area contributed by atoms with E-state index in [-0.39, 0.29) is 5.91 Å². The molecule has 1 fully saturated rings. The van der Waals surface area contributed by atoms with Gasteiger partial charge in [-0.1, -0.05) is 17.7 Å². The first-order chi connectivity index (χ1) is 15.6. The zero-order valence-corrected chi connectivity index (χ0v) is 19.2. The van der Waals surface area contributed by atoms with Crippen molar-refractivity contribution >= 4 is 39.5 Å². The molecule has 162 valence electrons. The zero-order valence-electron chi connectivity index (χ0n) is 18.3. The molecule has 5 rings (SSSR count). The van der Waals surface area contributed by atoms with E-state index in [4.69, 9.17) is 4.98 Å². The number of fused-ring (bicyclic) bond motifs is 1. The summed E-state index contributed by atoms with van der Waals surface area (Å²) in [6, 6.07) is 20.2. The van der Waals surface area contributed by atoms with Crippen LogP contribution in [0.5, 0.6) is 0 Å². The molecule has 1 aliphatic heterocycles. The van der Waals surface area contributed by atoms with Gasteiger partial charge in [0, 0.05) is 42.9 Å². The van der Waals surface area contributed by atoms with Crippen molar-refractivity contribution in [3.63, 3.8) is 0 Å². The SMILES string of the molecule is Cc1ccc2nc(-c3cccs3)cc(C(=O)Nc3ccc(N4CCN(C)CC4)cc3)c2c1. The molecule has 0 radical (unpaired) electrons. The van der Waals surface area contributed by atoms with Crippen LogP contribution in [0, 0.1) is 6.92 Å². The minimum atomic E-state index is -0.117. The molecule has 4 aromatic rings. The second kappa shape index (κ2) is 8.73. The van der Waals surface area contributed by atoms with Crippen LogP contribution < -0.4 is 10.2 Å². The van der Waals surface area contributed by atoms with Gasteiger partial charge in [0.2, 0.25) is 0 Å². The number of benzene rings is 2. The minimum absolute atomic E-state index is 0.117. The van der Waals surface area contributed by atoms with Crippen molar-refractivity contribution in [3.8, 4) is 10.6 Å². The van der Waals surface area contributed by atoms with Crippen molar-refractivity contribution in [2.24, 2.45) is 0 Å². The molecule has 5 nitrogen and oxygen atoms in total. The number of aromatic nitrogens is 1. The Kier molecular flexibility index (Phi) is 5.64. The molecule has 1 aliphatic rings. The molecule has 32 heavy (non-hydrogen) atoms. The Labute approximate surface area is 192 Å². The number of nitrogens with zero attached hydrogens (tertiary/aromatic N) is 3. The quantitative estimate of drug-likeness (QED) is 0.467. The van der Waals surface area contributed by atoms with E-state index < -0.39 is 0 Å². The smallest absolute Gasteiger partial charge is 0.256 e. The summed E-state index contributed by atoms with van der Waals surface area (Å²) in [5.74, 6) is -0.117. The summed E-state index contributed by atoms with van der Waals surface area (Å²) < 4.78 is 0. The highest BCUT2D eigenvalue weighted by Crippen LogP contribution is 2.29. The van der Waals surface area contributed by atoms with Gasteiger partial charge in [0.15, 0.2) is 0 Å². The number of rotatable bonds is 4. The molecule has 0 spiro atoms. The number of aryl methyl sites for hydroxylation is 1. The van der Waals surface area contributed by atoms with Crippen LogP contribution in [0.15, 0.2) is 66.0 Å². The zero-order chi connectivity index (χ0) is 22.1. The van der Waals surface area contributed by atoms with Gasteiger partial charge in [-0.25, -0.2) is 4.98 Å². The van der Waals surface area contributed by atoms with Crippen LogP contribution in [0.2, 0.25) is 0 Å². The summed E-state index contributed by atoms with van der Waals surface area (Å²) in [5, 5.41) is 5.99. The Bertz CT molecular complexity index is 1240. The van der Waals surface area contributed by atoms with E-state index >= 15 is 0 Å². The number of thiophene rings is 1. The number of amides is 1. The average molecular weight is 443 g/mol. The van der Waals surface area contributed by atoms with Gasteiger partial charge in [-0.05, 0) is 67.9 Å². The fourth-order valence-electron chi connectivity index (χ4n) is 4.10. The van der Waals surface area contributed by atoms with Gasteiger partial charge in [-0.15, -0.1) is 11.3 Å². The van der Waals surface area contributed by atoms with Crippen LogP contribution in [0.1, 0.15) is 15.9 Å². The summed E-state index contributed by atoms with van der Waals surface area (Å²) in [5.41, 5.74) is 5.40. The summed E-state index contributed by atoms with van der Waals surface area (Å²) >= 11 is 1.63. The molecule has 6 heteroatoms. The molecule has 1 N–H and O–H groups in total. The lowest BCUT2D eigenvalue weighted by Crippen LogP contribution is -2.44. The highest BCUT2D eigenvalue weighted by Gasteiger charge is 2.17. The van der Waals surface area contributed by atoms with Crippen LogP contribution >= 0.6 is 11.3 Å². The van der Waals surface area contributed by atoms with Crippen molar-refractivity contribution in [1.82, 2.24) is 9.88 Å². The largest absolute Gasteiger partial charge is 0.369 e. The maximum absolute atomic E-state index is 13.3. The van der Waals surface area contributed by atoms with Crippen LogP contribution in [-0.4, -0.2) is 49.0 Å². The lowest BCUT2D eigenvalue weighted by Gasteiger charge is -2.34. The fourth-order valence-corrected chi connectivity index (χ4v) is 4.78. The number of carbonyl (C=O) groups is 1. The van der Waals surface area contributed by atoms with E-state index in [1.807, 2.05) is 60.8 Å². The molecule has 0 unspecified atom stereocenters. The average Bonchev–Trinajstić information content (AvgIpc) is 3.34. The molecule has 2 aromatic carbocycles. The molecule has 0 aliphatic carbocycles. The van der Waals surface area contributed by atoms with Gasteiger partial charge in [0.25, 0.3) is 5.91 Å². The van der Waals surface area contributed by atoms with Gasteiger partial charge >= 0.3 is 0 Å². The predicted molar refractivity (Wildman–Crippen MR) is 134 cm³/mol. The van der Waals surface area contributed by atoms with Gasteiger partial charge in [-0.2, -0.15) is 0 Å². The van der Waals surface area contributed by atoms with Crippen LogP contribution in [0.3, 0.4) is 0 Å². The van der Waals surface area contributed by atoms with Crippen molar-refractivity contribution in [2.75, 3.05) is 43.4 Å². The topological polar surface area (TPSA) is 48.5 Å². The maximum Gasteiger partial charge on any atom is 0.256 e. The number of likely N-dealkylation sites (N-methyl/N-ethyl adjacent to an activating group) is 1. The molecule has 0 saturated carbocycles. The Morgan fingerprint density at radius 3 is 2.50 bits per heavy atom. The standard InChI is InChI=1S/C26H26N4OS/c1-18-5-10-23-21(16-18)22(17-24(28-23)25-4-3-15-32-25)26(31)27-19-6-8-20(9-7-19)30-13-11-29(2)12-14-30/h3-10,15-17H,11-14H2,1-2H3,(H,27,31). The van der Waals surface area contributed by atoms with E-state index in [9.17, 15) is 4.79 Å². The highest BCUT2D eigenvalue weighted by atomic mass is 32.1. The van der Waals surface area contributed by atoms with Crippen molar-refractivity contribution in [1.29, 1.82) is 0 Å². The van der Waals surface area contributed by atoms with Gasteiger partial charge in [0.05, 0.1) is 21.7 Å². The summed E-state index contributed by atoms with van der Waals surface area (Å²) in [6.07, 6.45) is 0. The lowest BCUT2D eigenvalue weighted by atomic mass is 10.0. The summed E-state index contributed by atoms with van der Waals surface area (Å²) in [7, 11) is 2.16. The molecular formula is C26H26N4OS. The molecule has 0 bridgehead atoms. The van der Waals surface area contributed by atoms with Crippen LogP contribution in [0.25, 0.3) is 21.5 Å². The Morgan fingerprint density at radius 1 is 1.00 bits per heavy atom. The number of anilines is 2. The predicted octanol–water partition coefficient (Wildman–Crippen LogP) is 5.28. The normalized spacial score (nSPS) is 14.6. The fraction of sp³-hybridized carbons (Fsp3) is 0.231. The molecule has 1 amide bonds. The third kappa shape index (κ3) is 4.24. The number of carbonyl (C=O) groups excluding carboxylic acids is 1. The Balaban J connectivity index is 1.42. The monoisotopic (exact) mass is 442 g/mol. The third-order valence-corrected chi connectivity index (χ3v) is 6.87. The number of nitrogens with one attached hydrogen (secondary N) is 1. The Morgan fingerprint density at radius 2 is 1.78 bits per heavy atom. The van der Waals surface area contributed by atoms with Gasteiger partial charge in [0.1, 0.15) is 0 Å². The molecule has 2 aromatic heterocycles.